The smallest absolute Gasteiger partial charge is 0.413 e. The molecule has 0 saturated carbocycles. The summed E-state index contributed by atoms with van der Waals surface area (Å²) >= 11 is 0.943. The number of carbonyl (C=O) groups excluding carboxylic acids is 4. The molecule has 3 rings (SSSR count). The number of hydrogen-bond acceptors (Lipinski definition) is 14. The van der Waals surface area contributed by atoms with Crippen LogP contribution in [0.25, 0.3) is 0 Å². The number of tetrazole rings is 1. The Bertz CT molecular complexity index is 1470. The van der Waals surface area contributed by atoms with Crippen LogP contribution in [-0.4, -0.2) is 94.9 Å². The number of alkyl carbamates (subject to hydrolysis) is 1. The van der Waals surface area contributed by atoms with Gasteiger partial charge in [-0.2, -0.15) is 0 Å². The fraction of sp³-hybridized carbons (Fsp3) is 0.600. The maximum atomic E-state index is 13.4. The highest BCUT2D eigenvalue weighted by atomic mass is 32.1. The minimum Gasteiger partial charge on any atom is -0.478 e. The standard InChI is InChI=1S/C25H36N10O9S/c1-23(2,3)42-21(40)26-9-14-31-33-34-35(14)10-12-15(17(36)27-12)29-18(37)16(32-44-25(7,8)19(38)39)13-11-45-20(28-13)30-22(41)43-24(4,5)6/h11-12,15H,9-10H2,1-8H3,(H,26,40)(H,27,36)(H,29,37)(H,38,39)(H,28,30,41)/t12-,15+/m1/s1. The number of β-lactam (4-membered cyclic amide) rings is 1. The number of carbonyl (C=O) groups is 5. The van der Waals surface area contributed by atoms with E-state index < -0.39 is 64.6 Å². The van der Waals surface area contributed by atoms with Gasteiger partial charge in [-0.25, -0.2) is 24.0 Å². The molecule has 1 fully saturated rings. The van der Waals surface area contributed by atoms with E-state index in [2.05, 4.69) is 46.9 Å². The van der Waals surface area contributed by atoms with Crippen molar-refractivity contribution >= 4 is 52.2 Å². The zero-order chi connectivity index (χ0) is 33.7. The second-order valence-corrected chi connectivity index (χ2v) is 13.1. The number of amides is 4. The summed E-state index contributed by atoms with van der Waals surface area (Å²) < 4.78 is 11.7. The summed E-state index contributed by atoms with van der Waals surface area (Å²) in [6.07, 6.45) is -1.46. The first kappa shape index (κ1) is 34.6. The maximum Gasteiger partial charge on any atom is 0.413 e. The van der Waals surface area contributed by atoms with Crippen LogP contribution in [0.3, 0.4) is 0 Å². The van der Waals surface area contributed by atoms with Gasteiger partial charge in [0.2, 0.25) is 11.5 Å². The van der Waals surface area contributed by atoms with Crippen LogP contribution in [-0.2, 0) is 41.8 Å². The van der Waals surface area contributed by atoms with Crippen LogP contribution in [0, 0.1) is 0 Å². The largest absolute Gasteiger partial charge is 0.478 e. The second kappa shape index (κ2) is 13.4. The first-order valence-corrected chi connectivity index (χ1v) is 14.4. The Kier molecular flexibility index (Phi) is 10.3. The minimum absolute atomic E-state index is 0.0185. The third kappa shape index (κ3) is 10.1. The van der Waals surface area contributed by atoms with Crippen LogP contribution in [0.4, 0.5) is 14.7 Å². The molecule has 2 aromatic heterocycles. The second-order valence-electron chi connectivity index (χ2n) is 12.2. The first-order valence-electron chi connectivity index (χ1n) is 13.5. The molecule has 2 atom stereocenters. The van der Waals surface area contributed by atoms with Crippen molar-refractivity contribution in [3.05, 3.63) is 16.9 Å². The van der Waals surface area contributed by atoms with Crippen LogP contribution in [0.1, 0.15) is 66.9 Å². The van der Waals surface area contributed by atoms with Gasteiger partial charge in [0.15, 0.2) is 16.7 Å². The van der Waals surface area contributed by atoms with E-state index in [0.717, 1.165) is 11.3 Å². The molecule has 19 nitrogen and oxygen atoms in total. The normalized spacial score (nSPS) is 17.0. The van der Waals surface area contributed by atoms with Crippen molar-refractivity contribution in [1.29, 1.82) is 0 Å². The first-order chi connectivity index (χ1) is 20.7. The van der Waals surface area contributed by atoms with E-state index in [0.29, 0.717) is 0 Å². The zero-order valence-electron chi connectivity index (χ0n) is 26.0. The average molecular weight is 653 g/mol. The fourth-order valence-corrected chi connectivity index (χ4v) is 4.03. The van der Waals surface area contributed by atoms with E-state index in [9.17, 15) is 29.1 Å². The molecule has 45 heavy (non-hydrogen) atoms. The number of ether oxygens (including phenoxy) is 2. The van der Waals surface area contributed by atoms with Crippen LogP contribution in [0.2, 0.25) is 0 Å². The fourth-order valence-electron chi connectivity index (χ4n) is 3.35. The third-order valence-corrected chi connectivity index (χ3v) is 6.27. The van der Waals surface area contributed by atoms with Crippen molar-refractivity contribution in [3.63, 3.8) is 0 Å². The number of thiazole rings is 1. The minimum atomic E-state index is -1.82. The molecule has 4 amide bonds. The van der Waals surface area contributed by atoms with E-state index in [-0.39, 0.29) is 29.7 Å². The molecule has 1 aliphatic heterocycles. The summed E-state index contributed by atoms with van der Waals surface area (Å²) in [5.74, 6) is -2.54. The third-order valence-electron chi connectivity index (χ3n) is 5.51. The summed E-state index contributed by atoms with van der Waals surface area (Å²) in [4.78, 5) is 70.9. The predicted molar refractivity (Wildman–Crippen MR) is 156 cm³/mol. The molecule has 0 aromatic carbocycles. The van der Waals surface area contributed by atoms with Crippen molar-refractivity contribution in [3.8, 4) is 0 Å². The average Bonchev–Trinajstić information content (AvgIpc) is 3.53. The molecule has 1 saturated heterocycles. The van der Waals surface area contributed by atoms with Crippen molar-refractivity contribution < 1.29 is 43.4 Å². The number of aliphatic carboxylic acids is 1. The van der Waals surface area contributed by atoms with Crippen LogP contribution < -0.4 is 21.3 Å². The number of rotatable bonds is 11. The van der Waals surface area contributed by atoms with Gasteiger partial charge in [0.1, 0.15) is 22.9 Å². The molecule has 0 bridgehead atoms. The van der Waals surface area contributed by atoms with Crippen LogP contribution >= 0.6 is 11.3 Å². The lowest BCUT2D eigenvalue weighted by Crippen LogP contribution is -2.70. The lowest BCUT2D eigenvalue weighted by atomic mass is 9.98. The molecule has 0 aliphatic carbocycles. The molecular formula is C25H36N10O9S. The lowest BCUT2D eigenvalue weighted by Gasteiger charge is -2.36. The van der Waals surface area contributed by atoms with Gasteiger partial charge >= 0.3 is 18.2 Å². The van der Waals surface area contributed by atoms with E-state index >= 15 is 0 Å². The molecule has 2 aromatic rings. The Morgan fingerprint density at radius 2 is 1.71 bits per heavy atom. The number of aromatic nitrogens is 5. The maximum absolute atomic E-state index is 13.4. The van der Waals surface area contributed by atoms with Crippen LogP contribution in [0.15, 0.2) is 10.5 Å². The number of carboxylic acids is 1. The number of nitrogens with zero attached hydrogens (tertiary/aromatic N) is 6. The molecule has 1 aliphatic rings. The molecule has 20 heteroatoms. The Labute approximate surface area is 261 Å². The SMILES string of the molecule is CC(C)(C)OC(=O)NCc1nnnn1C[C@H]1NC(=O)[C@H]1NC(=O)C(=NOC(C)(C)C(=O)O)c1csc(NC(=O)OC(C)(C)C)n1. The van der Waals surface area contributed by atoms with Gasteiger partial charge in [0.05, 0.1) is 19.1 Å². The zero-order valence-corrected chi connectivity index (χ0v) is 26.8. The highest BCUT2D eigenvalue weighted by Crippen LogP contribution is 2.20. The Balaban J connectivity index is 1.74. The van der Waals surface area contributed by atoms with Gasteiger partial charge in [-0.05, 0) is 65.8 Å². The van der Waals surface area contributed by atoms with Crippen molar-refractivity contribution in [2.24, 2.45) is 5.16 Å². The molecule has 5 N–H and O–H groups in total. The number of carboxylic acid groups (broad SMARTS) is 1. The molecule has 0 unspecified atom stereocenters. The monoisotopic (exact) mass is 652 g/mol. The van der Waals surface area contributed by atoms with E-state index in [1.165, 1.54) is 23.9 Å². The molecule has 3 heterocycles. The van der Waals surface area contributed by atoms with Gasteiger partial charge in [0.25, 0.3) is 5.91 Å². The van der Waals surface area contributed by atoms with Crippen molar-refractivity contribution in [2.45, 2.75) is 97.4 Å². The summed E-state index contributed by atoms with van der Waals surface area (Å²) in [5, 5.41) is 36.1. The van der Waals surface area contributed by atoms with Gasteiger partial charge in [-0.3, -0.25) is 14.9 Å². The molecular weight excluding hydrogens is 616 g/mol. The van der Waals surface area contributed by atoms with E-state index in [4.69, 9.17) is 14.3 Å². The van der Waals surface area contributed by atoms with E-state index in [1.54, 1.807) is 41.5 Å². The topological polar surface area (TPSA) is 250 Å². The molecule has 0 spiro atoms. The number of oxime groups is 1. The van der Waals surface area contributed by atoms with Crippen molar-refractivity contribution in [2.75, 3.05) is 5.32 Å². The Morgan fingerprint density at radius 3 is 2.31 bits per heavy atom. The highest BCUT2D eigenvalue weighted by molar-refractivity contribution is 7.14. The predicted octanol–water partition coefficient (Wildman–Crippen LogP) is 0.769. The highest BCUT2D eigenvalue weighted by Gasteiger charge is 2.42. The van der Waals surface area contributed by atoms with Crippen LogP contribution in [0.5, 0.6) is 0 Å². The van der Waals surface area contributed by atoms with Gasteiger partial charge in [-0.15, -0.1) is 16.4 Å². The summed E-state index contributed by atoms with van der Waals surface area (Å²) in [6, 6.07) is -1.76. The summed E-state index contributed by atoms with van der Waals surface area (Å²) in [6.45, 7) is 12.6. The van der Waals surface area contributed by atoms with E-state index in [1.807, 2.05) is 0 Å². The summed E-state index contributed by atoms with van der Waals surface area (Å²) in [7, 11) is 0. The Hall–Kier alpha value is -4.88. The number of anilines is 1. The lowest BCUT2D eigenvalue weighted by molar-refractivity contribution is -0.161. The number of hydrogen-bond donors (Lipinski definition) is 5. The van der Waals surface area contributed by atoms with Gasteiger partial charge in [-0.1, -0.05) is 5.16 Å². The Morgan fingerprint density at radius 1 is 1.07 bits per heavy atom. The van der Waals surface area contributed by atoms with Crippen molar-refractivity contribution in [1.82, 2.24) is 41.1 Å². The molecule has 0 radical (unpaired) electrons. The van der Waals surface area contributed by atoms with Gasteiger partial charge < -0.3 is 35.4 Å². The number of nitrogens with one attached hydrogen (secondary N) is 4. The quantitative estimate of drug-likeness (QED) is 0.128. The summed E-state index contributed by atoms with van der Waals surface area (Å²) in [5.41, 5.74) is -3.83. The van der Waals surface area contributed by atoms with Gasteiger partial charge in [0, 0.05) is 5.38 Å². The molecule has 246 valence electrons.